The third-order valence-corrected chi connectivity index (χ3v) is 10.7. The molecule has 0 aromatic rings. The highest BCUT2D eigenvalue weighted by atomic mass is 28.3. The minimum atomic E-state index is -1.19. The first-order valence-electron chi connectivity index (χ1n) is 11.4. The van der Waals surface area contributed by atoms with Gasteiger partial charge >= 0.3 is 0 Å². The molecule has 0 radical (unpaired) electrons. The average Bonchev–Trinajstić information content (AvgIpc) is 2.60. The van der Waals surface area contributed by atoms with E-state index >= 15 is 0 Å². The van der Waals surface area contributed by atoms with Gasteiger partial charge in [-0.05, 0) is 0 Å². The minimum Gasteiger partial charge on any atom is -0.107 e. The molecule has 144 valence electrons. The molecular weight excluding hydrogens is 304 g/mol. The third kappa shape index (κ3) is 13.3. The minimum absolute atomic E-state index is 1.19. The van der Waals surface area contributed by atoms with Gasteiger partial charge in [0.2, 0.25) is 0 Å². The van der Waals surface area contributed by atoms with Crippen LogP contribution in [0.15, 0.2) is 12.3 Å². The van der Waals surface area contributed by atoms with Crippen LogP contribution in [0.3, 0.4) is 0 Å². The highest BCUT2D eigenvalue weighted by molar-refractivity contribution is 6.84. The summed E-state index contributed by atoms with van der Waals surface area (Å²) >= 11 is 0. The normalized spacial score (nSPS) is 11.8. The molecule has 0 bridgehead atoms. The first-order chi connectivity index (χ1) is 11.7. The molecule has 0 fully saturated rings. The molecule has 0 spiro atoms. The van der Waals surface area contributed by atoms with Crippen molar-refractivity contribution in [2.45, 2.75) is 135 Å². The molecule has 0 heterocycles. The van der Waals surface area contributed by atoms with Crippen LogP contribution in [-0.2, 0) is 0 Å². The van der Waals surface area contributed by atoms with Crippen LogP contribution in [0.1, 0.15) is 117 Å². The van der Waals surface area contributed by atoms with Gasteiger partial charge in [0, 0.05) is 0 Å². The lowest BCUT2D eigenvalue weighted by molar-refractivity contribution is 0.632. The Morgan fingerprint density at radius 2 is 0.792 bits per heavy atom. The summed E-state index contributed by atoms with van der Waals surface area (Å²) < 4.78 is 0. The highest BCUT2D eigenvalue weighted by Gasteiger charge is 2.27. The van der Waals surface area contributed by atoms with Gasteiger partial charge in [0.1, 0.15) is 0 Å². The molecule has 0 aliphatic rings. The fourth-order valence-electron chi connectivity index (χ4n) is 3.92. The van der Waals surface area contributed by atoms with Gasteiger partial charge in [-0.2, -0.15) is 0 Å². The fraction of sp³-hybridized carbons (Fsp3) is 0.913. The van der Waals surface area contributed by atoms with E-state index in [1.165, 1.54) is 114 Å². The van der Waals surface area contributed by atoms with Crippen molar-refractivity contribution in [3.63, 3.8) is 0 Å². The Bertz CT molecular complexity index is 223. The summed E-state index contributed by atoms with van der Waals surface area (Å²) in [6, 6.07) is 4.59. The molecule has 0 rings (SSSR count). The second-order valence-electron chi connectivity index (χ2n) is 8.06. The maximum absolute atomic E-state index is 4.34. The van der Waals surface area contributed by atoms with Crippen LogP contribution in [-0.4, -0.2) is 8.07 Å². The largest absolute Gasteiger partial charge is 0.107 e. The van der Waals surface area contributed by atoms with Gasteiger partial charge in [-0.25, -0.2) is 0 Å². The van der Waals surface area contributed by atoms with E-state index in [1.54, 1.807) is 0 Å². The molecule has 0 atom stereocenters. The van der Waals surface area contributed by atoms with Gasteiger partial charge in [-0.1, -0.05) is 135 Å². The summed E-state index contributed by atoms with van der Waals surface area (Å²) in [6.07, 6.45) is 21.5. The molecule has 0 aromatic heterocycles. The Kier molecular flexibility index (Phi) is 17.7. The number of unbranched alkanes of at least 4 members (excludes halogenated alkanes) is 12. The van der Waals surface area contributed by atoms with E-state index in [9.17, 15) is 0 Å². The summed E-state index contributed by atoms with van der Waals surface area (Å²) in [4.78, 5) is 0. The molecule has 0 saturated carbocycles. The zero-order valence-electron chi connectivity index (χ0n) is 17.5. The van der Waals surface area contributed by atoms with E-state index < -0.39 is 8.07 Å². The molecule has 0 aromatic carbocycles. The lowest BCUT2D eigenvalue weighted by Gasteiger charge is -2.29. The maximum atomic E-state index is 4.34. The van der Waals surface area contributed by atoms with E-state index in [0.29, 0.717) is 0 Å². The predicted molar refractivity (Wildman–Crippen MR) is 117 cm³/mol. The summed E-state index contributed by atoms with van der Waals surface area (Å²) in [5, 5.41) is 0. The predicted octanol–water partition coefficient (Wildman–Crippen LogP) is 9.07. The van der Waals surface area contributed by atoms with Gasteiger partial charge < -0.3 is 0 Å². The lowest BCUT2D eigenvalue weighted by atomic mass is 10.2. The van der Waals surface area contributed by atoms with E-state index in [4.69, 9.17) is 0 Å². The molecule has 0 saturated heterocycles. The van der Waals surface area contributed by atoms with E-state index in [2.05, 4.69) is 33.0 Å². The van der Waals surface area contributed by atoms with Crippen LogP contribution in [0.2, 0.25) is 18.1 Å². The number of rotatable bonds is 19. The van der Waals surface area contributed by atoms with Gasteiger partial charge in [-0.3, -0.25) is 0 Å². The van der Waals surface area contributed by atoms with Crippen LogP contribution >= 0.6 is 0 Å². The maximum Gasteiger partial charge on any atom is 0.0770 e. The summed E-state index contributed by atoms with van der Waals surface area (Å²) in [5.74, 6) is 0. The monoisotopic (exact) mass is 352 g/mol. The van der Waals surface area contributed by atoms with Crippen molar-refractivity contribution in [2.75, 3.05) is 0 Å². The van der Waals surface area contributed by atoms with Crippen molar-refractivity contribution in [3.8, 4) is 0 Å². The zero-order chi connectivity index (χ0) is 17.9. The average molecular weight is 353 g/mol. The Hall–Kier alpha value is -0.0431. The van der Waals surface area contributed by atoms with Crippen LogP contribution in [0.5, 0.6) is 0 Å². The molecule has 0 unspecified atom stereocenters. The molecular formula is C23H48Si. The molecule has 0 nitrogen and oxygen atoms in total. The Balaban J connectivity index is 4.26. The van der Waals surface area contributed by atoms with Crippen molar-refractivity contribution in [3.05, 3.63) is 12.3 Å². The van der Waals surface area contributed by atoms with E-state index in [-0.39, 0.29) is 0 Å². The smallest absolute Gasteiger partial charge is 0.0770 e. The SMILES string of the molecule is C=C[Si](CCCCCCC)(CCCCCCC)CCCCCCC. The molecule has 24 heavy (non-hydrogen) atoms. The van der Waals surface area contributed by atoms with Crippen molar-refractivity contribution in [2.24, 2.45) is 0 Å². The lowest BCUT2D eigenvalue weighted by Crippen LogP contribution is -2.31. The quantitative estimate of drug-likeness (QED) is 0.160. The van der Waals surface area contributed by atoms with Crippen molar-refractivity contribution in [1.29, 1.82) is 0 Å². The van der Waals surface area contributed by atoms with Gasteiger partial charge in [-0.15, -0.1) is 12.3 Å². The first kappa shape index (κ1) is 24.0. The third-order valence-electron chi connectivity index (χ3n) is 5.77. The molecule has 0 aliphatic carbocycles. The van der Waals surface area contributed by atoms with Gasteiger partial charge in [0.15, 0.2) is 0 Å². The van der Waals surface area contributed by atoms with Crippen molar-refractivity contribution in [1.82, 2.24) is 0 Å². The van der Waals surface area contributed by atoms with Crippen molar-refractivity contribution < 1.29 is 0 Å². The molecule has 0 amide bonds. The summed E-state index contributed by atoms with van der Waals surface area (Å²) in [5.41, 5.74) is 2.49. The van der Waals surface area contributed by atoms with Crippen LogP contribution in [0.4, 0.5) is 0 Å². The summed E-state index contributed by atoms with van der Waals surface area (Å²) in [7, 11) is -1.19. The van der Waals surface area contributed by atoms with Gasteiger partial charge in [0.05, 0.1) is 8.07 Å². The van der Waals surface area contributed by atoms with Crippen molar-refractivity contribution >= 4 is 8.07 Å². The molecule has 0 N–H and O–H groups in total. The standard InChI is InChI=1S/C23H48Si/c1-5-9-12-15-18-21-24(8-4,22-19-16-13-10-6-2)23-20-17-14-11-7-3/h8H,4-7,9-23H2,1-3H3. The van der Waals surface area contributed by atoms with E-state index in [0.717, 1.165) is 0 Å². The summed E-state index contributed by atoms with van der Waals surface area (Å²) in [6.45, 7) is 11.3. The topological polar surface area (TPSA) is 0 Å². The Labute approximate surface area is 155 Å². The highest BCUT2D eigenvalue weighted by Crippen LogP contribution is 2.30. The second-order valence-corrected chi connectivity index (χ2v) is 12.7. The number of hydrogen-bond acceptors (Lipinski definition) is 0. The Morgan fingerprint density at radius 3 is 1.04 bits per heavy atom. The zero-order valence-corrected chi connectivity index (χ0v) is 18.5. The number of hydrogen-bond donors (Lipinski definition) is 0. The fourth-order valence-corrected chi connectivity index (χ4v) is 8.15. The van der Waals surface area contributed by atoms with Crippen LogP contribution in [0.25, 0.3) is 0 Å². The van der Waals surface area contributed by atoms with Gasteiger partial charge in [0.25, 0.3) is 0 Å². The molecule has 0 aliphatic heterocycles. The first-order valence-corrected chi connectivity index (χ1v) is 14.1. The Morgan fingerprint density at radius 1 is 0.500 bits per heavy atom. The van der Waals surface area contributed by atoms with E-state index in [1.807, 2.05) is 0 Å². The van der Waals surface area contributed by atoms with Crippen LogP contribution < -0.4 is 0 Å². The second kappa shape index (κ2) is 17.8. The molecule has 1 heteroatoms. The van der Waals surface area contributed by atoms with Crippen LogP contribution in [0, 0.1) is 0 Å².